The fourth-order valence-electron chi connectivity index (χ4n) is 9.24. The first kappa shape index (κ1) is 27.2. The van der Waals surface area contributed by atoms with Crippen molar-refractivity contribution in [2.45, 2.75) is 117 Å². The summed E-state index contributed by atoms with van der Waals surface area (Å²) in [5.74, 6) is 4.11. The van der Waals surface area contributed by atoms with Crippen molar-refractivity contribution < 1.29 is 14.6 Å². The third kappa shape index (κ3) is 5.69. The SMILES string of the molecule is COC(=O)CCCCCCCNC[C@@H](C)[C@H]1CC[C@H]2[C@@H]3CC=C4C[C@@H](O)CC[C@]4(C)[C@H]3CC[C@]12C. The molecule has 8 atom stereocenters. The Morgan fingerprint density at radius 3 is 2.66 bits per heavy atom. The van der Waals surface area contributed by atoms with Crippen LogP contribution in [-0.4, -0.2) is 37.4 Å². The molecule has 0 aliphatic heterocycles. The monoisotopic (exact) mass is 487 g/mol. The molecule has 0 spiro atoms. The second-order valence-corrected chi connectivity index (χ2v) is 13.2. The number of fused-ring (bicyclic) bond motifs is 5. The summed E-state index contributed by atoms with van der Waals surface area (Å²) >= 11 is 0. The molecule has 0 aromatic rings. The summed E-state index contributed by atoms with van der Waals surface area (Å²) in [7, 11) is 1.47. The van der Waals surface area contributed by atoms with Crippen molar-refractivity contribution in [1.29, 1.82) is 0 Å². The molecule has 0 saturated heterocycles. The van der Waals surface area contributed by atoms with Crippen molar-refractivity contribution in [3.8, 4) is 0 Å². The van der Waals surface area contributed by atoms with Crippen molar-refractivity contribution in [1.82, 2.24) is 5.32 Å². The van der Waals surface area contributed by atoms with E-state index < -0.39 is 0 Å². The molecule has 4 aliphatic rings. The fourth-order valence-corrected chi connectivity index (χ4v) is 9.24. The minimum atomic E-state index is -0.101. The summed E-state index contributed by atoms with van der Waals surface area (Å²) in [5, 5.41) is 14.1. The number of aliphatic hydroxyl groups is 1. The highest BCUT2D eigenvalue weighted by Crippen LogP contribution is 2.67. The van der Waals surface area contributed by atoms with Gasteiger partial charge in [-0.15, -0.1) is 0 Å². The molecule has 4 nitrogen and oxygen atoms in total. The Balaban J connectivity index is 1.22. The Morgan fingerprint density at radius 1 is 1.09 bits per heavy atom. The van der Waals surface area contributed by atoms with Crippen LogP contribution in [0.4, 0.5) is 0 Å². The van der Waals surface area contributed by atoms with Gasteiger partial charge in [0.05, 0.1) is 13.2 Å². The first-order valence-corrected chi connectivity index (χ1v) is 14.9. The number of ether oxygens (including phenoxy) is 1. The summed E-state index contributed by atoms with van der Waals surface area (Å²) < 4.78 is 4.71. The van der Waals surface area contributed by atoms with Gasteiger partial charge in [-0.05, 0) is 118 Å². The van der Waals surface area contributed by atoms with Gasteiger partial charge >= 0.3 is 5.97 Å². The van der Waals surface area contributed by atoms with Gasteiger partial charge in [0, 0.05) is 6.42 Å². The van der Waals surface area contributed by atoms with Gasteiger partial charge in [-0.25, -0.2) is 0 Å². The van der Waals surface area contributed by atoms with Crippen molar-refractivity contribution in [2.75, 3.05) is 20.2 Å². The molecule has 0 aromatic heterocycles. The van der Waals surface area contributed by atoms with Crippen LogP contribution in [0.3, 0.4) is 0 Å². The molecule has 2 N–H and O–H groups in total. The van der Waals surface area contributed by atoms with E-state index in [1.165, 1.54) is 64.9 Å². The van der Waals surface area contributed by atoms with Gasteiger partial charge < -0.3 is 15.2 Å². The zero-order valence-electron chi connectivity index (χ0n) is 23.1. The molecule has 0 aromatic carbocycles. The number of aliphatic hydroxyl groups excluding tert-OH is 1. The summed E-state index contributed by atoms with van der Waals surface area (Å²) in [6, 6.07) is 0. The second kappa shape index (κ2) is 11.7. The highest BCUT2D eigenvalue weighted by molar-refractivity contribution is 5.68. The lowest BCUT2D eigenvalue weighted by atomic mass is 9.47. The van der Waals surface area contributed by atoms with Gasteiger partial charge in [0.2, 0.25) is 0 Å². The Bertz CT molecular complexity index is 750. The average Bonchev–Trinajstić information content (AvgIpc) is 3.20. The van der Waals surface area contributed by atoms with Crippen LogP contribution in [0.2, 0.25) is 0 Å². The van der Waals surface area contributed by atoms with E-state index in [2.05, 4.69) is 32.2 Å². The molecule has 0 radical (unpaired) electrons. The van der Waals surface area contributed by atoms with Crippen LogP contribution in [-0.2, 0) is 9.53 Å². The van der Waals surface area contributed by atoms with Gasteiger partial charge in [-0.3, -0.25) is 4.79 Å². The molecular weight excluding hydrogens is 434 g/mol. The van der Waals surface area contributed by atoms with E-state index in [1.807, 2.05) is 0 Å². The van der Waals surface area contributed by atoms with Gasteiger partial charge in [0.25, 0.3) is 0 Å². The number of esters is 1. The lowest BCUT2D eigenvalue weighted by Gasteiger charge is -2.58. The lowest BCUT2D eigenvalue weighted by Crippen LogP contribution is -2.51. The number of nitrogens with one attached hydrogen (secondary N) is 1. The Kier molecular flexibility index (Phi) is 9.06. The highest BCUT2D eigenvalue weighted by Gasteiger charge is 2.59. The minimum Gasteiger partial charge on any atom is -0.469 e. The molecule has 200 valence electrons. The molecule has 3 saturated carbocycles. The molecule has 0 heterocycles. The predicted molar refractivity (Wildman–Crippen MR) is 143 cm³/mol. The van der Waals surface area contributed by atoms with E-state index in [1.54, 1.807) is 5.57 Å². The smallest absolute Gasteiger partial charge is 0.305 e. The van der Waals surface area contributed by atoms with Crippen LogP contribution in [0, 0.1) is 40.4 Å². The van der Waals surface area contributed by atoms with E-state index in [4.69, 9.17) is 4.74 Å². The minimum absolute atomic E-state index is 0.0790. The quantitative estimate of drug-likeness (QED) is 0.194. The molecule has 0 unspecified atom stereocenters. The van der Waals surface area contributed by atoms with E-state index in [0.29, 0.717) is 17.3 Å². The molecule has 4 aliphatic carbocycles. The third-order valence-corrected chi connectivity index (χ3v) is 11.3. The maximum atomic E-state index is 11.2. The van der Waals surface area contributed by atoms with Crippen molar-refractivity contribution in [2.24, 2.45) is 40.4 Å². The summed E-state index contributed by atoms with van der Waals surface area (Å²) in [6.07, 6.45) is 18.9. The lowest BCUT2D eigenvalue weighted by molar-refractivity contribution is -0.140. The zero-order chi connectivity index (χ0) is 25.1. The molecule has 4 rings (SSSR count). The van der Waals surface area contributed by atoms with E-state index in [9.17, 15) is 9.90 Å². The first-order valence-electron chi connectivity index (χ1n) is 14.9. The van der Waals surface area contributed by atoms with Crippen LogP contribution in [0.25, 0.3) is 0 Å². The Hall–Kier alpha value is -0.870. The number of carbonyl (C=O) groups excluding carboxylic acids is 1. The normalized spacial score (nSPS) is 39.2. The van der Waals surface area contributed by atoms with Crippen molar-refractivity contribution in [3.05, 3.63) is 11.6 Å². The number of carbonyl (C=O) groups is 1. The molecule has 0 amide bonds. The van der Waals surface area contributed by atoms with E-state index in [0.717, 1.165) is 68.4 Å². The molecule has 4 heteroatoms. The summed E-state index contributed by atoms with van der Waals surface area (Å²) in [4.78, 5) is 11.2. The number of hydrogen-bond donors (Lipinski definition) is 2. The molecule has 3 fully saturated rings. The van der Waals surface area contributed by atoms with Gasteiger partial charge in [0.15, 0.2) is 0 Å². The third-order valence-electron chi connectivity index (χ3n) is 11.3. The van der Waals surface area contributed by atoms with Crippen molar-refractivity contribution in [3.63, 3.8) is 0 Å². The standard InChI is InChI=1S/C31H53NO3/c1-22(21-32-19-9-7-5-6-8-10-29(34)35-4)26-13-14-27-25-12-11-23-20-24(33)15-17-30(23,2)28(25)16-18-31(26,27)3/h11,22,24-28,32-33H,5-10,12-21H2,1-4H3/t22-,24+,25+,26-,27+,28+,30+,31-/m1/s1. The maximum Gasteiger partial charge on any atom is 0.305 e. The average molecular weight is 488 g/mol. The number of methoxy groups -OCH3 is 1. The fraction of sp³-hybridized carbons (Fsp3) is 0.903. The van der Waals surface area contributed by atoms with E-state index in [-0.39, 0.29) is 12.1 Å². The van der Waals surface area contributed by atoms with Crippen LogP contribution >= 0.6 is 0 Å². The van der Waals surface area contributed by atoms with Crippen molar-refractivity contribution >= 4 is 5.97 Å². The number of unbranched alkanes of at least 4 members (excludes halogenated alkanes) is 4. The van der Waals surface area contributed by atoms with Crippen LogP contribution in [0.15, 0.2) is 11.6 Å². The Morgan fingerprint density at radius 2 is 1.86 bits per heavy atom. The number of hydrogen-bond acceptors (Lipinski definition) is 4. The van der Waals surface area contributed by atoms with E-state index >= 15 is 0 Å². The first-order chi connectivity index (χ1) is 16.8. The topological polar surface area (TPSA) is 58.6 Å². The maximum absolute atomic E-state index is 11.2. The second-order valence-electron chi connectivity index (χ2n) is 13.2. The molecular formula is C31H53NO3. The van der Waals surface area contributed by atoms with Gasteiger partial charge in [-0.2, -0.15) is 0 Å². The van der Waals surface area contributed by atoms with Gasteiger partial charge in [0.1, 0.15) is 0 Å². The molecule has 35 heavy (non-hydrogen) atoms. The molecule has 0 bridgehead atoms. The zero-order valence-corrected chi connectivity index (χ0v) is 23.1. The van der Waals surface area contributed by atoms with Crippen LogP contribution in [0.1, 0.15) is 111 Å². The highest BCUT2D eigenvalue weighted by atomic mass is 16.5. The number of allylic oxidation sites excluding steroid dienone is 1. The summed E-state index contributed by atoms with van der Waals surface area (Å²) in [5.41, 5.74) is 2.46. The van der Waals surface area contributed by atoms with Crippen LogP contribution < -0.4 is 5.32 Å². The van der Waals surface area contributed by atoms with Crippen LogP contribution in [0.5, 0.6) is 0 Å². The van der Waals surface area contributed by atoms with Gasteiger partial charge in [-0.1, -0.05) is 51.7 Å². The Labute approximate surface area is 215 Å². The largest absolute Gasteiger partial charge is 0.469 e. The summed E-state index contributed by atoms with van der Waals surface area (Å²) in [6.45, 7) is 9.98. The number of rotatable bonds is 11. The predicted octanol–water partition coefficient (Wildman–Crippen LogP) is 6.67.